The first kappa shape index (κ1) is 13.7. The van der Waals surface area contributed by atoms with Crippen LogP contribution in [0.25, 0.3) is 5.69 Å². The Hall–Kier alpha value is -1.68. The van der Waals surface area contributed by atoms with Crippen molar-refractivity contribution in [1.82, 2.24) is 14.9 Å². The normalized spacial score (nSPS) is 12.6. The molecule has 0 aliphatic heterocycles. The van der Waals surface area contributed by atoms with Crippen LogP contribution in [-0.4, -0.2) is 16.1 Å². The largest absolute Gasteiger partial charge is 0.310 e. The molecule has 0 saturated carbocycles. The van der Waals surface area contributed by atoms with Gasteiger partial charge in [-0.2, -0.15) is 0 Å². The lowest BCUT2D eigenvalue weighted by Gasteiger charge is -2.19. The summed E-state index contributed by atoms with van der Waals surface area (Å²) < 4.78 is 15.5. The summed E-state index contributed by atoms with van der Waals surface area (Å²) in [7, 11) is 0. The second-order valence-corrected chi connectivity index (χ2v) is 4.55. The fourth-order valence-corrected chi connectivity index (χ4v) is 2.32. The number of hydrogen-bond donors (Lipinski definition) is 1. The van der Waals surface area contributed by atoms with E-state index in [0.29, 0.717) is 0 Å². The van der Waals surface area contributed by atoms with E-state index in [9.17, 15) is 4.39 Å². The molecule has 0 spiro atoms. The number of aromatic nitrogens is 2. The van der Waals surface area contributed by atoms with E-state index >= 15 is 0 Å². The molecular formula is C15H20FN3. The average Bonchev–Trinajstić information content (AvgIpc) is 2.87. The van der Waals surface area contributed by atoms with E-state index in [1.165, 1.54) is 6.07 Å². The van der Waals surface area contributed by atoms with Crippen molar-refractivity contribution in [1.29, 1.82) is 0 Å². The number of benzene rings is 1. The fraction of sp³-hybridized carbons (Fsp3) is 0.400. The van der Waals surface area contributed by atoms with E-state index in [0.717, 1.165) is 30.0 Å². The summed E-state index contributed by atoms with van der Waals surface area (Å²) in [6, 6.07) is 5.01. The van der Waals surface area contributed by atoms with Gasteiger partial charge in [0.2, 0.25) is 0 Å². The van der Waals surface area contributed by atoms with E-state index in [2.05, 4.69) is 17.2 Å². The van der Waals surface area contributed by atoms with Gasteiger partial charge in [0, 0.05) is 24.9 Å². The summed E-state index contributed by atoms with van der Waals surface area (Å²) in [5, 5.41) is 3.33. The highest BCUT2D eigenvalue weighted by Crippen LogP contribution is 2.24. The van der Waals surface area contributed by atoms with Gasteiger partial charge in [-0.15, -0.1) is 0 Å². The van der Waals surface area contributed by atoms with Crippen LogP contribution in [0.15, 0.2) is 30.6 Å². The lowest BCUT2D eigenvalue weighted by molar-refractivity contribution is 0.579. The monoisotopic (exact) mass is 261 g/mol. The Kier molecular flexibility index (Phi) is 4.32. The molecule has 0 amide bonds. The lowest BCUT2D eigenvalue weighted by Crippen LogP contribution is -2.20. The number of aryl methyl sites for hydroxylation is 1. The Morgan fingerprint density at radius 1 is 1.37 bits per heavy atom. The smallest absolute Gasteiger partial charge is 0.123 e. The topological polar surface area (TPSA) is 29.9 Å². The van der Waals surface area contributed by atoms with Gasteiger partial charge in [0.15, 0.2) is 0 Å². The van der Waals surface area contributed by atoms with Crippen LogP contribution in [0.5, 0.6) is 0 Å². The molecule has 0 aliphatic carbocycles. The number of halogens is 1. The molecule has 0 fully saturated rings. The van der Waals surface area contributed by atoms with Gasteiger partial charge in [-0.3, -0.25) is 0 Å². The van der Waals surface area contributed by atoms with Gasteiger partial charge in [-0.25, -0.2) is 9.37 Å². The van der Waals surface area contributed by atoms with Crippen molar-refractivity contribution in [3.8, 4) is 5.69 Å². The molecule has 2 aromatic rings. The highest BCUT2D eigenvalue weighted by Gasteiger charge is 2.14. The molecule has 0 aliphatic rings. The Morgan fingerprint density at radius 2 is 2.16 bits per heavy atom. The molecule has 0 radical (unpaired) electrons. The van der Waals surface area contributed by atoms with Gasteiger partial charge in [0.25, 0.3) is 0 Å². The zero-order valence-electron chi connectivity index (χ0n) is 11.7. The molecule has 1 heterocycles. The third-order valence-electron chi connectivity index (χ3n) is 3.26. The summed E-state index contributed by atoms with van der Waals surface area (Å²) in [6.45, 7) is 7.01. The molecular weight excluding hydrogens is 241 g/mol. The maximum Gasteiger partial charge on any atom is 0.123 e. The van der Waals surface area contributed by atoms with Crippen LogP contribution in [0.4, 0.5) is 4.39 Å². The Bertz CT molecular complexity index is 548. The summed E-state index contributed by atoms with van der Waals surface area (Å²) in [4.78, 5) is 4.33. The van der Waals surface area contributed by atoms with Crippen molar-refractivity contribution < 1.29 is 4.39 Å². The van der Waals surface area contributed by atoms with Gasteiger partial charge in [0.05, 0.1) is 5.69 Å². The average molecular weight is 261 g/mol. The number of nitrogens with one attached hydrogen (secondary N) is 1. The Morgan fingerprint density at radius 3 is 2.84 bits per heavy atom. The molecule has 1 aromatic heterocycles. The highest BCUT2D eigenvalue weighted by atomic mass is 19.1. The number of rotatable bonds is 5. The van der Waals surface area contributed by atoms with Crippen LogP contribution in [0.3, 0.4) is 0 Å². The van der Waals surface area contributed by atoms with E-state index < -0.39 is 0 Å². The van der Waals surface area contributed by atoms with E-state index in [1.54, 1.807) is 12.3 Å². The van der Waals surface area contributed by atoms with Crippen LogP contribution in [-0.2, 0) is 6.42 Å². The highest BCUT2D eigenvalue weighted by molar-refractivity contribution is 5.44. The zero-order chi connectivity index (χ0) is 13.8. The van der Waals surface area contributed by atoms with Crippen molar-refractivity contribution >= 4 is 0 Å². The SMILES string of the molecule is CCNC(C)c1cc(F)ccc1-n1ccnc1CC. The second-order valence-electron chi connectivity index (χ2n) is 4.55. The Labute approximate surface area is 113 Å². The second kappa shape index (κ2) is 5.97. The maximum absolute atomic E-state index is 13.5. The van der Waals surface area contributed by atoms with E-state index in [-0.39, 0.29) is 11.9 Å². The molecule has 0 bridgehead atoms. The summed E-state index contributed by atoms with van der Waals surface area (Å²) in [6.07, 6.45) is 4.55. The molecule has 102 valence electrons. The molecule has 1 aromatic carbocycles. The third-order valence-corrected chi connectivity index (χ3v) is 3.26. The van der Waals surface area contributed by atoms with E-state index in [1.807, 2.05) is 30.7 Å². The van der Waals surface area contributed by atoms with Crippen molar-refractivity contribution in [3.63, 3.8) is 0 Å². The molecule has 1 atom stereocenters. The quantitative estimate of drug-likeness (QED) is 0.895. The number of hydrogen-bond acceptors (Lipinski definition) is 2. The molecule has 1 unspecified atom stereocenters. The zero-order valence-corrected chi connectivity index (χ0v) is 11.7. The van der Waals surface area contributed by atoms with Gasteiger partial charge >= 0.3 is 0 Å². The summed E-state index contributed by atoms with van der Waals surface area (Å²) in [5.41, 5.74) is 1.94. The van der Waals surface area contributed by atoms with Crippen molar-refractivity contribution in [2.75, 3.05) is 6.54 Å². The van der Waals surface area contributed by atoms with Crippen molar-refractivity contribution in [2.24, 2.45) is 0 Å². The number of nitrogens with zero attached hydrogens (tertiary/aromatic N) is 2. The third kappa shape index (κ3) is 2.84. The minimum atomic E-state index is -0.207. The van der Waals surface area contributed by atoms with E-state index in [4.69, 9.17) is 0 Å². The molecule has 4 heteroatoms. The summed E-state index contributed by atoms with van der Waals surface area (Å²) in [5.74, 6) is 0.776. The first-order valence-electron chi connectivity index (χ1n) is 6.72. The first-order valence-corrected chi connectivity index (χ1v) is 6.72. The standard InChI is InChI=1S/C15H20FN3/c1-4-15-18-8-9-19(15)14-7-6-12(16)10-13(14)11(3)17-5-2/h6-11,17H,4-5H2,1-3H3. The first-order chi connectivity index (χ1) is 9.17. The molecule has 1 N–H and O–H groups in total. The number of imidazole rings is 1. The molecule has 19 heavy (non-hydrogen) atoms. The van der Waals surface area contributed by atoms with Crippen LogP contribution >= 0.6 is 0 Å². The van der Waals surface area contributed by atoms with Crippen molar-refractivity contribution in [2.45, 2.75) is 33.2 Å². The summed E-state index contributed by atoms with van der Waals surface area (Å²) >= 11 is 0. The van der Waals surface area contributed by atoms with Gasteiger partial charge in [0.1, 0.15) is 11.6 Å². The molecule has 3 nitrogen and oxygen atoms in total. The Balaban J connectivity index is 2.50. The maximum atomic E-state index is 13.5. The molecule has 0 saturated heterocycles. The molecule has 2 rings (SSSR count). The van der Waals surface area contributed by atoms with Crippen LogP contribution in [0.1, 0.15) is 38.2 Å². The lowest BCUT2D eigenvalue weighted by atomic mass is 10.1. The van der Waals surface area contributed by atoms with Gasteiger partial charge in [-0.1, -0.05) is 13.8 Å². The van der Waals surface area contributed by atoms with Crippen LogP contribution in [0, 0.1) is 5.82 Å². The minimum absolute atomic E-state index is 0.0998. The predicted octanol–water partition coefficient (Wildman–Crippen LogP) is 3.24. The van der Waals surface area contributed by atoms with Gasteiger partial charge < -0.3 is 9.88 Å². The van der Waals surface area contributed by atoms with Crippen LogP contribution in [0.2, 0.25) is 0 Å². The van der Waals surface area contributed by atoms with Crippen LogP contribution < -0.4 is 5.32 Å². The van der Waals surface area contributed by atoms with Crippen molar-refractivity contribution in [3.05, 3.63) is 47.8 Å². The predicted molar refractivity (Wildman–Crippen MR) is 75.0 cm³/mol. The van der Waals surface area contributed by atoms with Gasteiger partial charge in [-0.05, 0) is 37.2 Å². The minimum Gasteiger partial charge on any atom is -0.310 e. The fourth-order valence-electron chi connectivity index (χ4n) is 2.32.